The monoisotopic (exact) mass is 251 g/mol. The van der Waals surface area contributed by atoms with Crippen molar-refractivity contribution in [3.05, 3.63) is 35.4 Å². The van der Waals surface area contributed by atoms with Crippen LogP contribution < -0.4 is 0 Å². The van der Waals surface area contributed by atoms with Crippen LogP contribution in [0.5, 0.6) is 0 Å². The smallest absolute Gasteiger partial charge is 0.337 e. The van der Waals surface area contributed by atoms with E-state index in [-0.39, 0.29) is 5.97 Å². The van der Waals surface area contributed by atoms with Crippen LogP contribution >= 0.6 is 0 Å². The molecule has 0 aliphatic heterocycles. The highest BCUT2D eigenvalue weighted by Gasteiger charge is 2.06. The summed E-state index contributed by atoms with van der Waals surface area (Å²) in [4.78, 5) is 13.6. The highest BCUT2D eigenvalue weighted by atomic mass is 16.5. The topological polar surface area (TPSA) is 38.8 Å². The molecule has 0 N–H and O–H groups in total. The molecule has 0 saturated heterocycles. The van der Waals surface area contributed by atoms with Crippen molar-refractivity contribution in [3.63, 3.8) is 0 Å². The average Bonchev–Trinajstić information content (AvgIpc) is 2.43. The van der Waals surface area contributed by atoms with E-state index in [2.05, 4.69) is 16.6 Å². The molecular formula is C14H21NO3. The molecule has 0 bridgehead atoms. The van der Waals surface area contributed by atoms with Gasteiger partial charge >= 0.3 is 5.97 Å². The van der Waals surface area contributed by atoms with Crippen molar-refractivity contribution >= 4 is 5.97 Å². The molecule has 18 heavy (non-hydrogen) atoms. The molecule has 0 atom stereocenters. The normalized spacial score (nSPS) is 10.7. The van der Waals surface area contributed by atoms with Crippen LogP contribution in [-0.2, 0) is 16.0 Å². The van der Waals surface area contributed by atoms with E-state index in [0.717, 1.165) is 26.2 Å². The summed E-state index contributed by atoms with van der Waals surface area (Å²) in [6.45, 7) is 5.60. The first-order valence-corrected chi connectivity index (χ1v) is 6.09. The van der Waals surface area contributed by atoms with Gasteiger partial charge in [-0.15, -0.1) is 0 Å². The summed E-state index contributed by atoms with van der Waals surface area (Å²) < 4.78 is 9.74. The van der Waals surface area contributed by atoms with E-state index in [1.54, 1.807) is 19.2 Å². The molecule has 0 fully saturated rings. The van der Waals surface area contributed by atoms with Crippen LogP contribution in [0.3, 0.4) is 0 Å². The first-order chi connectivity index (χ1) is 8.71. The zero-order chi connectivity index (χ0) is 13.4. The second-order valence-electron chi connectivity index (χ2n) is 4.05. The maximum absolute atomic E-state index is 11.3. The SMILES string of the molecule is CCN(CCOC)Cc1ccc(C(=O)OC)cc1. The number of esters is 1. The summed E-state index contributed by atoms with van der Waals surface area (Å²) in [5.74, 6) is -0.298. The van der Waals surface area contributed by atoms with Crippen LogP contribution in [0.15, 0.2) is 24.3 Å². The van der Waals surface area contributed by atoms with E-state index in [4.69, 9.17) is 4.74 Å². The van der Waals surface area contributed by atoms with Gasteiger partial charge < -0.3 is 9.47 Å². The van der Waals surface area contributed by atoms with Crippen molar-refractivity contribution in [1.82, 2.24) is 4.90 Å². The van der Waals surface area contributed by atoms with Crippen molar-refractivity contribution in [2.24, 2.45) is 0 Å². The maximum Gasteiger partial charge on any atom is 0.337 e. The lowest BCUT2D eigenvalue weighted by atomic mass is 10.1. The van der Waals surface area contributed by atoms with Gasteiger partial charge in [0.05, 0.1) is 19.3 Å². The molecule has 1 aromatic rings. The molecule has 0 aromatic heterocycles. The zero-order valence-corrected chi connectivity index (χ0v) is 11.3. The fourth-order valence-corrected chi connectivity index (χ4v) is 1.69. The van der Waals surface area contributed by atoms with E-state index in [9.17, 15) is 4.79 Å². The molecule has 1 rings (SSSR count). The standard InChI is InChI=1S/C14H21NO3/c1-4-15(9-10-17-2)11-12-5-7-13(8-6-12)14(16)18-3/h5-8H,4,9-11H2,1-3H3. The number of ether oxygens (including phenoxy) is 2. The van der Waals surface area contributed by atoms with Crippen LogP contribution in [0.2, 0.25) is 0 Å². The predicted molar refractivity (Wildman–Crippen MR) is 70.6 cm³/mol. The number of hydrogen-bond acceptors (Lipinski definition) is 4. The van der Waals surface area contributed by atoms with Gasteiger partial charge in [-0.2, -0.15) is 0 Å². The molecule has 0 aliphatic rings. The van der Waals surface area contributed by atoms with Gasteiger partial charge in [0.2, 0.25) is 0 Å². The second-order valence-corrected chi connectivity index (χ2v) is 4.05. The first kappa shape index (κ1) is 14.7. The van der Waals surface area contributed by atoms with Gasteiger partial charge in [-0.1, -0.05) is 19.1 Å². The molecule has 4 heteroatoms. The molecule has 4 nitrogen and oxygen atoms in total. The molecule has 0 radical (unpaired) electrons. The Balaban J connectivity index is 2.59. The Labute approximate surface area is 108 Å². The van der Waals surface area contributed by atoms with Gasteiger partial charge in [-0.3, -0.25) is 4.90 Å². The van der Waals surface area contributed by atoms with Gasteiger partial charge in [-0.05, 0) is 24.2 Å². The van der Waals surface area contributed by atoms with Crippen molar-refractivity contribution < 1.29 is 14.3 Å². The quantitative estimate of drug-likeness (QED) is 0.694. The van der Waals surface area contributed by atoms with Crippen LogP contribution in [-0.4, -0.2) is 44.8 Å². The number of methoxy groups -OCH3 is 2. The van der Waals surface area contributed by atoms with Gasteiger partial charge in [0.25, 0.3) is 0 Å². The predicted octanol–water partition coefficient (Wildman–Crippen LogP) is 1.94. The molecule has 1 aromatic carbocycles. The van der Waals surface area contributed by atoms with Crippen LogP contribution in [0.25, 0.3) is 0 Å². The molecule has 0 unspecified atom stereocenters. The summed E-state index contributed by atoms with van der Waals surface area (Å²) in [7, 11) is 3.10. The Bertz CT molecular complexity index is 362. The lowest BCUT2D eigenvalue weighted by molar-refractivity contribution is 0.0600. The Kier molecular flexibility index (Phi) is 6.39. The van der Waals surface area contributed by atoms with Crippen molar-refractivity contribution in [2.45, 2.75) is 13.5 Å². The lowest BCUT2D eigenvalue weighted by Crippen LogP contribution is -2.26. The van der Waals surface area contributed by atoms with Crippen molar-refractivity contribution in [3.8, 4) is 0 Å². The molecule has 0 aliphatic carbocycles. The zero-order valence-electron chi connectivity index (χ0n) is 11.3. The number of carbonyl (C=O) groups is 1. The highest BCUT2D eigenvalue weighted by Crippen LogP contribution is 2.08. The average molecular weight is 251 g/mol. The molecule has 0 saturated carbocycles. The maximum atomic E-state index is 11.3. The summed E-state index contributed by atoms with van der Waals surface area (Å²) >= 11 is 0. The summed E-state index contributed by atoms with van der Waals surface area (Å²) in [6.07, 6.45) is 0. The van der Waals surface area contributed by atoms with Gasteiger partial charge in [0.1, 0.15) is 0 Å². The third-order valence-corrected chi connectivity index (χ3v) is 2.84. The summed E-state index contributed by atoms with van der Waals surface area (Å²) in [5, 5.41) is 0. The number of hydrogen-bond donors (Lipinski definition) is 0. The fraction of sp³-hybridized carbons (Fsp3) is 0.500. The highest BCUT2D eigenvalue weighted by molar-refractivity contribution is 5.89. The van der Waals surface area contributed by atoms with Crippen LogP contribution in [0.1, 0.15) is 22.8 Å². The number of rotatable bonds is 7. The minimum Gasteiger partial charge on any atom is -0.465 e. The molecule has 100 valence electrons. The minimum atomic E-state index is -0.298. The van der Waals surface area contributed by atoms with E-state index >= 15 is 0 Å². The van der Waals surface area contributed by atoms with Gasteiger partial charge in [-0.25, -0.2) is 4.79 Å². The number of benzene rings is 1. The van der Waals surface area contributed by atoms with Crippen molar-refractivity contribution in [1.29, 1.82) is 0 Å². The second kappa shape index (κ2) is 7.84. The fourth-order valence-electron chi connectivity index (χ4n) is 1.69. The number of likely N-dealkylation sites (N-methyl/N-ethyl adjacent to an activating group) is 1. The summed E-state index contributed by atoms with van der Waals surface area (Å²) in [5.41, 5.74) is 1.77. The van der Waals surface area contributed by atoms with E-state index < -0.39 is 0 Å². The lowest BCUT2D eigenvalue weighted by Gasteiger charge is -2.19. The van der Waals surface area contributed by atoms with Gasteiger partial charge in [0, 0.05) is 20.2 Å². The largest absolute Gasteiger partial charge is 0.465 e. The number of carbonyl (C=O) groups excluding carboxylic acids is 1. The van der Waals surface area contributed by atoms with E-state index in [1.165, 1.54) is 12.7 Å². The van der Waals surface area contributed by atoms with Crippen LogP contribution in [0.4, 0.5) is 0 Å². The Morgan fingerprint density at radius 2 is 1.89 bits per heavy atom. The molecule has 0 heterocycles. The Hall–Kier alpha value is -1.39. The molecule has 0 spiro atoms. The Morgan fingerprint density at radius 1 is 1.22 bits per heavy atom. The number of nitrogens with zero attached hydrogens (tertiary/aromatic N) is 1. The van der Waals surface area contributed by atoms with E-state index in [0.29, 0.717) is 5.56 Å². The Morgan fingerprint density at radius 3 is 2.39 bits per heavy atom. The third-order valence-electron chi connectivity index (χ3n) is 2.84. The van der Waals surface area contributed by atoms with Crippen molar-refractivity contribution in [2.75, 3.05) is 33.9 Å². The molecular weight excluding hydrogens is 230 g/mol. The van der Waals surface area contributed by atoms with Crippen LogP contribution in [0, 0.1) is 0 Å². The molecule has 0 amide bonds. The third kappa shape index (κ3) is 4.47. The van der Waals surface area contributed by atoms with E-state index in [1.807, 2.05) is 12.1 Å². The minimum absolute atomic E-state index is 0.298. The summed E-state index contributed by atoms with van der Waals surface area (Å²) in [6, 6.07) is 7.51. The van der Waals surface area contributed by atoms with Gasteiger partial charge in [0.15, 0.2) is 0 Å². The first-order valence-electron chi connectivity index (χ1n) is 6.09.